The van der Waals surface area contributed by atoms with Crippen LogP contribution in [0.5, 0.6) is 0 Å². The second-order valence-electron chi connectivity index (χ2n) is 2.01. The van der Waals surface area contributed by atoms with Crippen LogP contribution in [0.2, 0.25) is 0 Å². The van der Waals surface area contributed by atoms with E-state index in [1.165, 1.54) is 0 Å². The van der Waals surface area contributed by atoms with Gasteiger partial charge in [0.2, 0.25) is 0 Å². The number of nitrogens with one attached hydrogen (secondary N) is 2. The molecule has 68 valence electrons. The average Bonchev–Trinajstić information content (AvgIpc) is 2.03. The third kappa shape index (κ3) is 9.84. The molecule has 0 aliphatic rings. The highest BCUT2D eigenvalue weighted by Crippen LogP contribution is 1.74. The Bertz CT molecular complexity index is 63.5. The first-order valence-corrected chi connectivity index (χ1v) is 4.11. The Morgan fingerprint density at radius 3 is 1.73 bits per heavy atom. The van der Waals surface area contributed by atoms with Crippen molar-refractivity contribution in [2.24, 2.45) is 0 Å². The van der Waals surface area contributed by atoms with Gasteiger partial charge in [-0.1, -0.05) is 0 Å². The molecule has 0 heterocycles. The molecule has 2 N–H and O–H groups in total. The van der Waals surface area contributed by atoms with Gasteiger partial charge in [0, 0.05) is 13.1 Å². The third-order valence-corrected chi connectivity index (χ3v) is 1.05. The molecule has 0 saturated heterocycles. The second-order valence-corrected chi connectivity index (χ2v) is 2.01. The van der Waals surface area contributed by atoms with Gasteiger partial charge < -0.3 is 9.68 Å². The van der Waals surface area contributed by atoms with Gasteiger partial charge in [0.1, 0.15) is 0 Å². The van der Waals surface area contributed by atoms with Gasteiger partial charge in [-0.05, 0) is 20.3 Å². The molecule has 0 fully saturated rings. The molecule has 0 aliphatic heterocycles. The van der Waals surface area contributed by atoms with E-state index >= 15 is 0 Å². The molecular formula is C7H18N2O2. The Morgan fingerprint density at radius 1 is 0.909 bits per heavy atom. The average molecular weight is 162 g/mol. The zero-order chi connectivity index (χ0) is 8.36. The van der Waals surface area contributed by atoms with E-state index in [9.17, 15) is 0 Å². The molecule has 11 heavy (non-hydrogen) atoms. The first-order valence-electron chi connectivity index (χ1n) is 4.11. The first-order chi connectivity index (χ1) is 5.41. The van der Waals surface area contributed by atoms with Crippen molar-refractivity contribution in [2.45, 2.75) is 20.3 Å². The number of hydroxylamine groups is 2. The van der Waals surface area contributed by atoms with E-state index in [4.69, 9.17) is 9.68 Å². The standard InChI is InChI=1S/C7H18N2O2/c1-3-10-8-6-5-7-9-11-4-2/h8-9H,3-7H2,1-2H3. The molecule has 0 saturated carbocycles. The molecule has 0 rings (SSSR count). The minimum absolute atomic E-state index is 0.707. The molecule has 0 aliphatic carbocycles. The van der Waals surface area contributed by atoms with Crippen molar-refractivity contribution in [2.75, 3.05) is 26.3 Å². The summed E-state index contributed by atoms with van der Waals surface area (Å²) in [4.78, 5) is 9.84. The highest BCUT2D eigenvalue weighted by molar-refractivity contribution is 4.38. The molecule has 0 atom stereocenters. The van der Waals surface area contributed by atoms with Crippen molar-refractivity contribution in [1.29, 1.82) is 0 Å². The summed E-state index contributed by atoms with van der Waals surface area (Å²) in [5.74, 6) is 0. The van der Waals surface area contributed by atoms with Gasteiger partial charge in [-0.25, -0.2) is 11.0 Å². The van der Waals surface area contributed by atoms with Gasteiger partial charge in [-0.15, -0.1) is 0 Å². The van der Waals surface area contributed by atoms with E-state index in [2.05, 4.69) is 11.0 Å². The summed E-state index contributed by atoms with van der Waals surface area (Å²) in [6, 6.07) is 0. The predicted octanol–water partition coefficient (Wildman–Crippen LogP) is 0.459. The SMILES string of the molecule is CCONCCCNOCC. The molecule has 4 nitrogen and oxygen atoms in total. The van der Waals surface area contributed by atoms with Crippen molar-refractivity contribution in [1.82, 2.24) is 11.0 Å². The van der Waals surface area contributed by atoms with Crippen molar-refractivity contribution < 1.29 is 9.68 Å². The Labute approximate surface area is 68.2 Å². The van der Waals surface area contributed by atoms with Crippen LogP contribution in [0.1, 0.15) is 20.3 Å². The Hall–Kier alpha value is -0.160. The summed E-state index contributed by atoms with van der Waals surface area (Å²) in [6.07, 6.45) is 1.00. The smallest absolute Gasteiger partial charge is 0.0653 e. The summed E-state index contributed by atoms with van der Waals surface area (Å²) in [5.41, 5.74) is 5.63. The maximum Gasteiger partial charge on any atom is 0.0653 e. The lowest BCUT2D eigenvalue weighted by Crippen LogP contribution is -2.22. The zero-order valence-electron chi connectivity index (χ0n) is 7.35. The van der Waals surface area contributed by atoms with Gasteiger partial charge in [0.05, 0.1) is 13.2 Å². The Morgan fingerprint density at radius 2 is 1.36 bits per heavy atom. The van der Waals surface area contributed by atoms with Crippen LogP contribution in [0.25, 0.3) is 0 Å². The van der Waals surface area contributed by atoms with Crippen LogP contribution in [0.3, 0.4) is 0 Å². The van der Waals surface area contributed by atoms with Gasteiger partial charge in [-0.2, -0.15) is 0 Å². The quantitative estimate of drug-likeness (QED) is 0.402. The maximum absolute atomic E-state index is 4.92. The van der Waals surface area contributed by atoms with Crippen LogP contribution >= 0.6 is 0 Å². The molecular weight excluding hydrogens is 144 g/mol. The molecule has 0 aromatic carbocycles. The van der Waals surface area contributed by atoms with E-state index in [0.717, 1.165) is 19.5 Å². The van der Waals surface area contributed by atoms with Gasteiger partial charge in [0.25, 0.3) is 0 Å². The lowest BCUT2D eigenvalue weighted by Gasteiger charge is -2.04. The summed E-state index contributed by atoms with van der Waals surface area (Å²) in [5, 5.41) is 0. The molecule has 0 aromatic rings. The summed E-state index contributed by atoms with van der Waals surface area (Å²) >= 11 is 0. The van der Waals surface area contributed by atoms with Crippen molar-refractivity contribution in [3.05, 3.63) is 0 Å². The molecule has 0 aromatic heterocycles. The fraction of sp³-hybridized carbons (Fsp3) is 1.00. The highest BCUT2D eigenvalue weighted by Gasteiger charge is 1.86. The molecule has 0 spiro atoms. The molecule has 0 unspecified atom stereocenters. The Balaban J connectivity index is 2.69. The molecule has 4 heteroatoms. The van der Waals surface area contributed by atoms with Gasteiger partial charge >= 0.3 is 0 Å². The molecule has 0 radical (unpaired) electrons. The predicted molar refractivity (Wildman–Crippen MR) is 43.9 cm³/mol. The third-order valence-electron chi connectivity index (χ3n) is 1.05. The summed E-state index contributed by atoms with van der Waals surface area (Å²) < 4.78 is 0. The molecule has 0 amide bonds. The minimum atomic E-state index is 0.707. The van der Waals surface area contributed by atoms with Gasteiger partial charge in [-0.3, -0.25) is 0 Å². The van der Waals surface area contributed by atoms with Crippen molar-refractivity contribution >= 4 is 0 Å². The van der Waals surface area contributed by atoms with Crippen LogP contribution in [0.15, 0.2) is 0 Å². The monoisotopic (exact) mass is 162 g/mol. The summed E-state index contributed by atoms with van der Waals surface area (Å²) in [6.45, 7) is 7.02. The lowest BCUT2D eigenvalue weighted by molar-refractivity contribution is 0.0346. The van der Waals surface area contributed by atoms with E-state index < -0.39 is 0 Å². The van der Waals surface area contributed by atoms with E-state index in [1.807, 2.05) is 13.8 Å². The van der Waals surface area contributed by atoms with Crippen LogP contribution in [-0.4, -0.2) is 26.3 Å². The fourth-order valence-electron chi connectivity index (χ4n) is 0.581. The van der Waals surface area contributed by atoms with E-state index in [-0.39, 0.29) is 0 Å². The topological polar surface area (TPSA) is 42.5 Å². The van der Waals surface area contributed by atoms with E-state index in [0.29, 0.717) is 13.2 Å². The second kappa shape index (κ2) is 9.84. The van der Waals surface area contributed by atoms with Crippen LogP contribution in [0, 0.1) is 0 Å². The largest absolute Gasteiger partial charge is 0.302 e. The van der Waals surface area contributed by atoms with Crippen LogP contribution < -0.4 is 11.0 Å². The number of rotatable bonds is 8. The van der Waals surface area contributed by atoms with E-state index in [1.54, 1.807) is 0 Å². The number of hydrogen-bond donors (Lipinski definition) is 2. The molecule has 0 bridgehead atoms. The minimum Gasteiger partial charge on any atom is -0.302 e. The van der Waals surface area contributed by atoms with Crippen LogP contribution in [0.4, 0.5) is 0 Å². The maximum atomic E-state index is 4.92. The van der Waals surface area contributed by atoms with Gasteiger partial charge in [0.15, 0.2) is 0 Å². The van der Waals surface area contributed by atoms with Crippen LogP contribution in [-0.2, 0) is 9.68 Å². The highest BCUT2D eigenvalue weighted by atomic mass is 16.6. The van der Waals surface area contributed by atoms with Crippen molar-refractivity contribution in [3.63, 3.8) is 0 Å². The normalized spacial score (nSPS) is 10.4. The number of hydrogen-bond acceptors (Lipinski definition) is 4. The lowest BCUT2D eigenvalue weighted by atomic mass is 10.4. The van der Waals surface area contributed by atoms with Crippen molar-refractivity contribution in [3.8, 4) is 0 Å². The zero-order valence-corrected chi connectivity index (χ0v) is 7.35. The fourth-order valence-corrected chi connectivity index (χ4v) is 0.581. The summed E-state index contributed by atoms with van der Waals surface area (Å²) in [7, 11) is 0. The Kier molecular flexibility index (Phi) is 9.70. The first kappa shape index (κ1) is 10.8.